The Kier molecular flexibility index (Phi) is 5.36. The van der Waals surface area contributed by atoms with Crippen LogP contribution in [0.2, 0.25) is 0 Å². The van der Waals surface area contributed by atoms with E-state index in [4.69, 9.17) is 9.73 Å². The highest BCUT2D eigenvalue weighted by Crippen LogP contribution is 2.36. The average Bonchev–Trinajstić information content (AvgIpc) is 3.39. The number of hydrogen-bond donors (Lipinski definition) is 0. The Morgan fingerprint density at radius 1 is 1.03 bits per heavy atom. The monoisotopic (exact) mass is 494 g/mol. The second-order valence-electron chi connectivity index (χ2n) is 10.9. The van der Waals surface area contributed by atoms with E-state index in [1.165, 1.54) is 0 Å². The van der Waals surface area contributed by atoms with Gasteiger partial charge in [0.15, 0.2) is 5.54 Å². The quantitative estimate of drug-likeness (QED) is 0.539. The van der Waals surface area contributed by atoms with Crippen LogP contribution in [0.25, 0.3) is 22.0 Å². The summed E-state index contributed by atoms with van der Waals surface area (Å²) in [7, 11) is 0. The molecule has 3 aliphatic heterocycles. The zero-order valence-corrected chi connectivity index (χ0v) is 20.8. The van der Waals surface area contributed by atoms with Gasteiger partial charge in [0.2, 0.25) is 5.91 Å². The maximum atomic E-state index is 13.7. The van der Waals surface area contributed by atoms with Gasteiger partial charge in [-0.2, -0.15) is 0 Å². The number of carbonyl (C=O) groups is 2. The van der Waals surface area contributed by atoms with Gasteiger partial charge in [0.1, 0.15) is 5.84 Å². The SMILES string of the molecule is O=C(C1CC1)N1CCC(CN2C(=O)C3(CCOC3)N=C2c2ccc(-c3ccc4cccnc4c3)cc2)C1. The van der Waals surface area contributed by atoms with Crippen LogP contribution in [0, 0.1) is 11.8 Å². The molecule has 0 bridgehead atoms. The third-order valence-corrected chi connectivity index (χ3v) is 8.27. The van der Waals surface area contributed by atoms with Crippen LogP contribution in [-0.4, -0.2) is 70.8 Å². The molecule has 3 aromatic rings. The highest BCUT2D eigenvalue weighted by molar-refractivity contribution is 6.15. The lowest BCUT2D eigenvalue weighted by atomic mass is 9.98. The molecule has 2 aromatic carbocycles. The third-order valence-electron chi connectivity index (χ3n) is 8.27. The van der Waals surface area contributed by atoms with E-state index in [0.29, 0.717) is 32.1 Å². The number of carbonyl (C=O) groups excluding carboxylic acids is 2. The normalized spacial score (nSPS) is 25.5. The molecule has 4 heterocycles. The lowest BCUT2D eigenvalue weighted by molar-refractivity contribution is -0.131. The van der Waals surface area contributed by atoms with Crippen LogP contribution in [-0.2, 0) is 14.3 Å². The minimum absolute atomic E-state index is 0.0386. The first-order chi connectivity index (χ1) is 18.1. The number of likely N-dealkylation sites (tertiary alicyclic amines) is 1. The number of benzene rings is 2. The van der Waals surface area contributed by atoms with E-state index in [1.54, 1.807) is 0 Å². The summed E-state index contributed by atoms with van der Waals surface area (Å²) in [6, 6.07) is 18.6. The number of nitrogens with zero attached hydrogens (tertiary/aromatic N) is 4. The number of hydrogen-bond acceptors (Lipinski definition) is 5. The molecule has 37 heavy (non-hydrogen) atoms. The fraction of sp³-hybridized carbons (Fsp3) is 0.400. The van der Waals surface area contributed by atoms with Crippen LogP contribution < -0.4 is 0 Å². The molecule has 7 nitrogen and oxygen atoms in total. The van der Waals surface area contributed by atoms with E-state index in [0.717, 1.165) is 65.8 Å². The summed E-state index contributed by atoms with van der Waals surface area (Å²) in [5.74, 6) is 1.56. The zero-order valence-electron chi connectivity index (χ0n) is 20.8. The fourth-order valence-electron chi connectivity index (χ4n) is 5.95. The molecule has 2 amide bonds. The van der Waals surface area contributed by atoms with Crippen LogP contribution in [0.15, 0.2) is 65.8 Å². The van der Waals surface area contributed by atoms with Gasteiger partial charge in [-0.05, 0) is 48.4 Å². The molecule has 1 spiro atoms. The molecule has 2 unspecified atom stereocenters. The predicted octanol–water partition coefficient (Wildman–Crippen LogP) is 3.91. The van der Waals surface area contributed by atoms with Gasteiger partial charge in [-0.25, -0.2) is 4.99 Å². The topological polar surface area (TPSA) is 75.1 Å². The number of aliphatic imine (C=N–C) groups is 1. The molecule has 2 atom stereocenters. The Morgan fingerprint density at radius 2 is 1.84 bits per heavy atom. The average molecular weight is 495 g/mol. The Bertz CT molecular complexity index is 1410. The van der Waals surface area contributed by atoms with Crippen molar-refractivity contribution in [1.29, 1.82) is 0 Å². The van der Waals surface area contributed by atoms with Gasteiger partial charge < -0.3 is 9.64 Å². The maximum Gasteiger partial charge on any atom is 0.258 e. The van der Waals surface area contributed by atoms with Crippen LogP contribution in [0.3, 0.4) is 0 Å². The Hall–Kier alpha value is -3.58. The van der Waals surface area contributed by atoms with Gasteiger partial charge in [-0.1, -0.05) is 42.5 Å². The van der Waals surface area contributed by atoms with Crippen molar-refractivity contribution >= 4 is 28.6 Å². The summed E-state index contributed by atoms with van der Waals surface area (Å²) in [4.78, 5) is 39.6. The second-order valence-corrected chi connectivity index (χ2v) is 10.9. The molecule has 1 aromatic heterocycles. The first-order valence-electron chi connectivity index (χ1n) is 13.3. The molecule has 0 radical (unpaired) electrons. The molecule has 1 saturated carbocycles. The largest absolute Gasteiger partial charge is 0.378 e. The maximum absolute atomic E-state index is 13.7. The summed E-state index contributed by atoms with van der Waals surface area (Å²) in [5.41, 5.74) is 3.29. The van der Waals surface area contributed by atoms with E-state index in [-0.39, 0.29) is 17.7 Å². The molecule has 1 aliphatic carbocycles. The number of fused-ring (bicyclic) bond motifs is 1. The Balaban J connectivity index is 1.15. The number of amidine groups is 1. The van der Waals surface area contributed by atoms with Gasteiger partial charge in [0.05, 0.1) is 12.1 Å². The van der Waals surface area contributed by atoms with Crippen LogP contribution in [0.4, 0.5) is 0 Å². The smallest absolute Gasteiger partial charge is 0.258 e. The van der Waals surface area contributed by atoms with Gasteiger partial charge in [-0.15, -0.1) is 0 Å². The van der Waals surface area contributed by atoms with Gasteiger partial charge in [0, 0.05) is 55.7 Å². The van der Waals surface area contributed by atoms with E-state index >= 15 is 0 Å². The molecule has 4 aliphatic rings. The van der Waals surface area contributed by atoms with Crippen LogP contribution in [0.5, 0.6) is 0 Å². The van der Waals surface area contributed by atoms with E-state index < -0.39 is 5.54 Å². The van der Waals surface area contributed by atoms with Crippen molar-refractivity contribution < 1.29 is 14.3 Å². The Labute approximate surface area is 216 Å². The summed E-state index contributed by atoms with van der Waals surface area (Å²) in [6.45, 7) is 3.00. The van der Waals surface area contributed by atoms with Crippen molar-refractivity contribution in [2.24, 2.45) is 16.8 Å². The van der Waals surface area contributed by atoms with Crippen molar-refractivity contribution in [3.05, 3.63) is 66.4 Å². The van der Waals surface area contributed by atoms with Crippen molar-refractivity contribution in [2.45, 2.75) is 31.2 Å². The van der Waals surface area contributed by atoms with E-state index in [2.05, 4.69) is 53.5 Å². The van der Waals surface area contributed by atoms with Crippen LogP contribution in [0.1, 0.15) is 31.2 Å². The summed E-state index contributed by atoms with van der Waals surface area (Å²) >= 11 is 0. The minimum Gasteiger partial charge on any atom is -0.378 e. The third kappa shape index (κ3) is 4.02. The van der Waals surface area contributed by atoms with Crippen molar-refractivity contribution in [3.63, 3.8) is 0 Å². The second kappa shape index (κ2) is 8.77. The molecule has 7 rings (SSSR count). The first-order valence-corrected chi connectivity index (χ1v) is 13.3. The highest BCUT2D eigenvalue weighted by atomic mass is 16.5. The number of aromatic nitrogens is 1. The van der Waals surface area contributed by atoms with Crippen molar-refractivity contribution in [1.82, 2.24) is 14.8 Å². The Morgan fingerprint density at radius 3 is 2.62 bits per heavy atom. The zero-order chi connectivity index (χ0) is 25.0. The first kappa shape index (κ1) is 22.6. The standard InChI is InChI=1S/C30H30N4O3/c35-28(24-8-9-24)33-14-11-20(17-33)18-34-27(32-30(29(34)36)12-15-37-19-30)23-6-3-21(4-7-23)25-10-5-22-2-1-13-31-26(22)16-25/h1-7,10,13,16,20,24H,8-9,11-12,14-15,17-19H2. The molecule has 3 fully saturated rings. The number of ether oxygens (including phenoxy) is 1. The summed E-state index contributed by atoms with van der Waals surface area (Å²) in [6.07, 6.45) is 5.40. The number of pyridine rings is 1. The van der Waals surface area contributed by atoms with Gasteiger partial charge in [-0.3, -0.25) is 19.5 Å². The fourth-order valence-corrected chi connectivity index (χ4v) is 5.95. The molecular formula is C30H30N4O3. The molecule has 188 valence electrons. The molecule has 0 N–H and O–H groups in total. The number of rotatable bonds is 5. The highest BCUT2D eigenvalue weighted by Gasteiger charge is 2.51. The summed E-state index contributed by atoms with van der Waals surface area (Å²) < 4.78 is 5.64. The molecule has 2 saturated heterocycles. The lowest BCUT2D eigenvalue weighted by Crippen LogP contribution is -2.45. The lowest BCUT2D eigenvalue weighted by Gasteiger charge is -2.25. The predicted molar refractivity (Wildman–Crippen MR) is 141 cm³/mol. The van der Waals surface area contributed by atoms with Crippen molar-refractivity contribution in [3.8, 4) is 11.1 Å². The van der Waals surface area contributed by atoms with E-state index in [1.807, 2.05) is 22.1 Å². The molecule has 7 heteroatoms. The van der Waals surface area contributed by atoms with Gasteiger partial charge >= 0.3 is 0 Å². The minimum atomic E-state index is -0.805. The van der Waals surface area contributed by atoms with E-state index in [9.17, 15) is 9.59 Å². The van der Waals surface area contributed by atoms with Gasteiger partial charge in [0.25, 0.3) is 5.91 Å². The molecular weight excluding hydrogens is 464 g/mol. The van der Waals surface area contributed by atoms with Crippen molar-refractivity contribution in [2.75, 3.05) is 32.8 Å². The number of amides is 2. The summed E-state index contributed by atoms with van der Waals surface area (Å²) in [5, 5.41) is 1.12. The van der Waals surface area contributed by atoms with Crippen LogP contribution >= 0.6 is 0 Å².